The number of nitrogen functional groups attached to an aromatic ring is 1. The first-order chi connectivity index (χ1) is 14.8. The molecule has 1 fully saturated rings. The van der Waals surface area contributed by atoms with Crippen LogP contribution in [0.25, 0.3) is 0 Å². The number of hydrogen-bond donors (Lipinski definition) is 1. The Morgan fingerprint density at radius 3 is 2.58 bits per heavy atom. The van der Waals surface area contributed by atoms with Gasteiger partial charge in [-0.15, -0.1) is 0 Å². The standard InChI is InChI=1S/C22H24ClN3O4S/c23-18-3-1-17(2-4-18)9-10-22(15-26-12-11-25-16-26)29-13-20(30-22)14-31(27,28)21-7-5-19(24)6-8-21/h1-8,11-12,16,20H,9-10,13-15,24H2/t20-,22+/m0/s1. The van der Waals surface area contributed by atoms with Crippen molar-refractivity contribution in [2.75, 3.05) is 18.1 Å². The minimum Gasteiger partial charge on any atom is -0.399 e. The molecule has 2 heterocycles. The van der Waals surface area contributed by atoms with Crippen LogP contribution in [0, 0.1) is 0 Å². The predicted molar refractivity (Wildman–Crippen MR) is 118 cm³/mol. The second-order valence-electron chi connectivity index (χ2n) is 7.67. The van der Waals surface area contributed by atoms with E-state index in [-0.39, 0.29) is 17.3 Å². The van der Waals surface area contributed by atoms with Crippen LogP contribution in [0.2, 0.25) is 5.02 Å². The summed E-state index contributed by atoms with van der Waals surface area (Å²) in [5, 5.41) is 0.679. The number of anilines is 1. The molecule has 9 heteroatoms. The van der Waals surface area contributed by atoms with Gasteiger partial charge in [-0.1, -0.05) is 23.7 Å². The van der Waals surface area contributed by atoms with E-state index in [1.807, 2.05) is 35.0 Å². The van der Waals surface area contributed by atoms with Gasteiger partial charge in [0.25, 0.3) is 0 Å². The molecular formula is C22H24ClN3O4S. The number of ether oxygens (including phenoxy) is 2. The summed E-state index contributed by atoms with van der Waals surface area (Å²) in [5.41, 5.74) is 7.28. The Balaban J connectivity index is 1.48. The summed E-state index contributed by atoms with van der Waals surface area (Å²) in [4.78, 5) is 4.30. The van der Waals surface area contributed by atoms with Crippen molar-refractivity contribution in [1.82, 2.24) is 9.55 Å². The molecule has 164 valence electrons. The highest BCUT2D eigenvalue weighted by Gasteiger charge is 2.43. The minimum atomic E-state index is -3.54. The smallest absolute Gasteiger partial charge is 0.187 e. The SMILES string of the molecule is Nc1ccc(S(=O)(=O)C[C@@H]2CO[C@@](CCc3ccc(Cl)cc3)(Cn3ccnc3)O2)cc1. The Morgan fingerprint density at radius 1 is 1.16 bits per heavy atom. The molecule has 1 aromatic heterocycles. The molecule has 2 atom stereocenters. The van der Waals surface area contributed by atoms with Crippen LogP contribution in [0.3, 0.4) is 0 Å². The van der Waals surface area contributed by atoms with Gasteiger partial charge in [0, 0.05) is 29.5 Å². The van der Waals surface area contributed by atoms with E-state index in [1.165, 1.54) is 12.1 Å². The Labute approximate surface area is 186 Å². The highest BCUT2D eigenvalue weighted by molar-refractivity contribution is 7.91. The highest BCUT2D eigenvalue weighted by Crippen LogP contribution is 2.32. The Kier molecular flexibility index (Phi) is 6.34. The predicted octanol–water partition coefficient (Wildman–Crippen LogP) is 3.34. The number of benzene rings is 2. The average molecular weight is 462 g/mol. The fourth-order valence-corrected chi connectivity index (χ4v) is 5.18. The lowest BCUT2D eigenvalue weighted by Gasteiger charge is -2.28. The summed E-state index contributed by atoms with van der Waals surface area (Å²) in [6, 6.07) is 13.8. The quantitative estimate of drug-likeness (QED) is 0.517. The molecule has 0 unspecified atom stereocenters. The van der Waals surface area contributed by atoms with E-state index in [1.54, 1.807) is 24.7 Å². The zero-order chi connectivity index (χ0) is 21.9. The summed E-state index contributed by atoms with van der Waals surface area (Å²) >= 11 is 5.98. The normalized spacial score (nSPS) is 21.4. The van der Waals surface area contributed by atoms with Crippen molar-refractivity contribution in [2.24, 2.45) is 0 Å². The number of nitrogens with zero attached hydrogens (tertiary/aromatic N) is 2. The van der Waals surface area contributed by atoms with E-state index < -0.39 is 21.7 Å². The second-order valence-corrected chi connectivity index (χ2v) is 10.1. The molecule has 31 heavy (non-hydrogen) atoms. The summed E-state index contributed by atoms with van der Waals surface area (Å²) < 4.78 is 39.9. The number of nitrogens with two attached hydrogens (primary N) is 1. The molecular weight excluding hydrogens is 438 g/mol. The fourth-order valence-electron chi connectivity index (χ4n) is 3.65. The molecule has 7 nitrogen and oxygen atoms in total. The zero-order valence-corrected chi connectivity index (χ0v) is 18.4. The number of hydrogen-bond acceptors (Lipinski definition) is 6. The van der Waals surface area contributed by atoms with E-state index in [9.17, 15) is 8.42 Å². The van der Waals surface area contributed by atoms with Crippen LogP contribution in [0.4, 0.5) is 5.69 Å². The number of aryl methyl sites for hydroxylation is 1. The van der Waals surface area contributed by atoms with Crippen LogP contribution in [-0.4, -0.2) is 42.2 Å². The van der Waals surface area contributed by atoms with Crippen molar-refractivity contribution < 1.29 is 17.9 Å². The Morgan fingerprint density at radius 2 is 1.90 bits per heavy atom. The van der Waals surface area contributed by atoms with Crippen molar-refractivity contribution in [1.29, 1.82) is 0 Å². The molecule has 1 saturated heterocycles. The second kappa shape index (κ2) is 9.00. The largest absolute Gasteiger partial charge is 0.399 e. The minimum absolute atomic E-state index is 0.163. The Hall–Kier alpha value is -2.39. The maximum Gasteiger partial charge on any atom is 0.187 e. The van der Waals surface area contributed by atoms with E-state index in [0.29, 0.717) is 30.1 Å². The lowest BCUT2D eigenvalue weighted by atomic mass is 10.0. The topological polar surface area (TPSA) is 96.4 Å². The van der Waals surface area contributed by atoms with Crippen molar-refractivity contribution in [3.8, 4) is 0 Å². The maximum absolute atomic E-state index is 12.8. The molecule has 2 aromatic carbocycles. The van der Waals surface area contributed by atoms with Crippen molar-refractivity contribution >= 4 is 27.1 Å². The molecule has 0 spiro atoms. The van der Waals surface area contributed by atoms with E-state index in [0.717, 1.165) is 5.56 Å². The Bertz CT molecular complexity index is 1100. The number of halogens is 1. The van der Waals surface area contributed by atoms with Crippen LogP contribution in [-0.2, 0) is 32.3 Å². The number of imidazole rings is 1. The van der Waals surface area contributed by atoms with Crippen LogP contribution in [0.1, 0.15) is 12.0 Å². The van der Waals surface area contributed by atoms with Gasteiger partial charge in [0.15, 0.2) is 15.6 Å². The van der Waals surface area contributed by atoms with Gasteiger partial charge in [-0.3, -0.25) is 0 Å². The number of sulfone groups is 1. The first-order valence-electron chi connectivity index (χ1n) is 9.94. The molecule has 0 aliphatic carbocycles. The molecule has 1 aliphatic heterocycles. The first kappa shape index (κ1) is 21.8. The van der Waals surface area contributed by atoms with Gasteiger partial charge < -0.3 is 19.8 Å². The van der Waals surface area contributed by atoms with Crippen molar-refractivity contribution in [2.45, 2.75) is 36.2 Å². The van der Waals surface area contributed by atoms with Gasteiger partial charge in [0.05, 0.1) is 36.2 Å². The maximum atomic E-state index is 12.8. The van der Waals surface area contributed by atoms with Gasteiger partial charge in [-0.05, 0) is 48.4 Å². The van der Waals surface area contributed by atoms with Gasteiger partial charge in [0.2, 0.25) is 0 Å². The summed E-state index contributed by atoms with van der Waals surface area (Å²) in [7, 11) is -3.54. The summed E-state index contributed by atoms with van der Waals surface area (Å²) in [5.74, 6) is -1.11. The van der Waals surface area contributed by atoms with E-state index >= 15 is 0 Å². The molecule has 3 aromatic rings. The van der Waals surface area contributed by atoms with E-state index in [4.69, 9.17) is 26.8 Å². The molecule has 0 amide bonds. The number of rotatable bonds is 8. The third-order valence-corrected chi connectivity index (χ3v) is 7.30. The van der Waals surface area contributed by atoms with Crippen LogP contribution >= 0.6 is 11.6 Å². The van der Waals surface area contributed by atoms with E-state index in [2.05, 4.69) is 4.98 Å². The lowest BCUT2D eigenvalue weighted by Crippen LogP contribution is -2.37. The highest BCUT2D eigenvalue weighted by atomic mass is 35.5. The van der Waals surface area contributed by atoms with Gasteiger partial charge in [-0.25, -0.2) is 13.4 Å². The molecule has 2 N–H and O–H groups in total. The average Bonchev–Trinajstić information content (AvgIpc) is 3.38. The van der Waals surface area contributed by atoms with Gasteiger partial charge in [-0.2, -0.15) is 0 Å². The third-order valence-electron chi connectivity index (χ3n) is 5.25. The van der Waals surface area contributed by atoms with Crippen LogP contribution in [0.5, 0.6) is 0 Å². The third kappa shape index (κ3) is 5.46. The molecule has 1 aliphatic rings. The summed E-state index contributed by atoms with van der Waals surface area (Å²) in [6.07, 6.45) is 5.89. The van der Waals surface area contributed by atoms with Crippen LogP contribution in [0.15, 0.2) is 72.1 Å². The molecule has 0 bridgehead atoms. The lowest BCUT2D eigenvalue weighted by molar-refractivity contribution is -0.180. The molecule has 0 radical (unpaired) electrons. The monoisotopic (exact) mass is 461 g/mol. The molecule has 4 rings (SSSR count). The molecule has 0 saturated carbocycles. The van der Waals surface area contributed by atoms with Crippen LogP contribution < -0.4 is 5.73 Å². The van der Waals surface area contributed by atoms with Gasteiger partial charge >= 0.3 is 0 Å². The van der Waals surface area contributed by atoms with Gasteiger partial charge in [0.1, 0.15) is 0 Å². The fraction of sp³-hybridized carbons (Fsp3) is 0.318. The zero-order valence-electron chi connectivity index (χ0n) is 16.9. The number of aromatic nitrogens is 2. The van der Waals surface area contributed by atoms with Crippen molar-refractivity contribution in [3.05, 3.63) is 77.8 Å². The van der Waals surface area contributed by atoms with Crippen molar-refractivity contribution in [3.63, 3.8) is 0 Å². The summed E-state index contributed by atoms with van der Waals surface area (Å²) in [6.45, 7) is 0.614. The first-order valence-corrected chi connectivity index (χ1v) is 12.0.